The van der Waals surface area contributed by atoms with E-state index in [1.54, 1.807) is 21.3 Å². The number of aliphatic imine (C=N–C) groups is 1. The van der Waals surface area contributed by atoms with Gasteiger partial charge in [0, 0.05) is 20.1 Å². The van der Waals surface area contributed by atoms with Gasteiger partial charge in [-0.15, -0.1) is 0 Å². The number of rotatable bonds is 8. The van der Waals surface area contributed by atoms with Crippen LogP contribution in [0.4, 0.5) is 0 Å². The van der Waals surface area contributed by atoms with Crippen molar-refractivity contribution in [3.63, 3.8) is 0 Å². The number of methoxy groups -OCH3 is 2. The first kappa shape index (κ1) is 18.6. The fourth-order valence-corrected chi connectivity index (χ4v) is 2.58. The highest BCUT2D eigenvalue weighted by molar-refractivity contribution is 5.79. The fraction of sp³-hybridized carbons (Fsp3) is 0.350. The number of nitrogens with zero attached hydrogens (tertiary/aromatic N) is 1. The SMILES string of the molecule is CN=C(NCCc1ccccc1)NCCc1cc(OC)ccc1OC. The maximum absolute atomic E-state index is 5.41. The first-order valence-electron chi connectivity index (χ1n) is 8.46. The van der Waals surface area contributed by atoms with E-state index in [4.69, 9.17) is 9.47 Å². The lowest BCUT2D eigenvalue weighted by Gasteiger charge is -2.14. The maximum Gasteiger partial charge on any atom is 0.190 e. The number of nitrogens with one attached hydrogen (secondary N) is 2. The summed E-state index contributed by atoms with van der Waals surface area (Å²) in [5.74, 6) is 2.51. The molecule has 0 aromatic heterocycles. The molecule has 0 atom stereocenters. The Labute approximate surface area is 150 Å². The van der Waals surface area contributed by atoms with Gasteiger partial charge in [0.2, 0.25) is 0 Å². The zero-order chi connectivity index (χ0) is 17.9. The third-order valence-electron chi connectivity index (χ3n) is 3.95. The van der Waals surface area contributed by atoms with Crippen LogP contribution in [0.1, 0.15) is 11.1 Å². The van der Waals surface area contributed by atoms with Crippen molar-refractivity contribution in [3.05, 3.63) is 59.7 Å². The summed E-state index contributed by atoms with van der Waals surface area (Å²) in [4.78, 5) is 4.27. The second-order valence-corrected chi connectivity index (χ2v) is 5.59. The predicted molar refractivity (Wildman–Crippen MR) is 103 cm³/mol. The van der Waals surface area contributed by atoms with E-state index in [-0.39, 0.29) is 0 Å². The molecule has 2 aromatic carbocycles. The van der Waals surface area contributed by atoms with E-state index in [2.05, 4.69) is 39.9 Å². The van der Waals surface area contributed by atoms with Crippen LogP contribution in [0.3, 0.4) is 0 Å². The first-order valence-corrected chi connectivity index (χ1v) is 8.46. The summed E-state index contributed by atoms with van der Waals surface area (Å²) in [6, 6.07) is 16.3. The summed E-state index contributed by atoms with van der Waals surface area (Å²) in [6.45, 7) is 1.60. The Balaban J connectivity index is 1.79. The van der Waals surface area contributed by atoms with Crippen molar-refractivity contribution in [1.29, 1.82) is 0 Å². The van der Waals surface area contributed by atoms with Crippen LogP contribution in [-0.2, 0) is 12.8 Å². The van der Waals surface area contributed by atoms with Crippen molar-refractivity contribution in [2.45, 2.75) is 12.8 Å². The molecule has 0 unspecified atom stereocenters. The number of ether oxygens (including phenoxy) is 2. The van der Waals surface area contributed by atoms with E-state index in [0.717, 1.165) is 49.0 Å². The minimum atomic E-state index is 0.758. The smallest absolute Gasteiger partial charge is 0.190 e. The van der Waals surface area contributed by atoms with Crippen LogP contribution in [0.25, 0.3) is 0 Å². The Morgan fingerprint density at radius 2 is 1.64 bits per heavy atom. The molecule has 0 saturated carbocycles. The van der Waals surface area contributed by atoms with E-state index in [9.17, 15) is 0 Å². The van der Waals surface area contributed by atoms with Crippen LogP contribution in [0.2, 0.25) is 0 Å². The van der Waals surface area contributed by atoms with Crippen molar-refractivity contribution in [1.82, 2.24) is 10.6 Å². The molecule has 0 heterocycles. The van der Waals surface area contributed by atoms with Crippen molar-refractivity contribution < 1.29 is 9.47 Å². The van der Waals surface area contributed by atoms with Gasteiger partial charge in [-0.1, -0.05) is 30.3 Å². The average molecular weight is 341 g/mol. The quantitative estimate of drug-likeness (QED) is 0.572. The molecule has 0 fully saturated rings. The topological polar surface area (TPSA) is 54.9 Å². The van der Waals surface area contributed by atoms with Gasteiger partial charge in [0.25, 0.3) is 0 Å². The Hall–Kier alpha value is -2.69. The van der Waals surface area contributed by atoms with Gasteiger partial charge in [0.1, 0.15) is 11.5 Å². The minimum absolute atomic E-state index is 0.758. The lowest BCUT2D eigenvalue weighted by Crippen LogP contribution is -2.39. The summed E-state index contributed by atoms with van der Waals surface area (Å²) in [6.07, 6.45) is 1.78. The summed E-state index contributed by atoms with van der Waals surface area (Å²) in [5, 5.41) is 6.67. The molecule has 0 aliphatic heterocycles. The summed E-state index contributed by atoms with van der Waals surface area (Å²) < 4.78 is 10.7. The van der Waals surface area contributed by atoms with Gasteiger partial charge in [-0.25, -0.2) is 0 Å². The Morgan fingerprint density at radius 1 is 0.920 bits per heavy atom. The molecule has 134 valence electrons. The van der Waals surface area contributed by atoms with E-state index < -0.39 is 0 Å². The third-order valence-corrected chi connectivity index (χ3v) is 3.95. The van der Waals surface area contributed by atoms with Crippen LogP contribution >= 0.6 is 0 Å². The highest BCUT2D eigenvalue weighted by atomic mass is 16.5. The molecule has 0 aliphatic carbocycles. The molecular formula is C20H27N3O2. The second kappa shape index (κ2) is 10.2. The monoisotopic (exact) mass is 341 g/mol. The summed E-state index contributed by atoms with van der Waals surface area (Å²) >= 11 is 0. The Morgan fingerprint density at radius 3 is 2.28 bits per heavy atom. The van der Waals surface area contributed by atoms with E-state index in [1.807, 2.05) is 24.3 Å². The molecule has 0 saturated heterocycles. The van der Waals surface area contributed by atoms with E-state index in [0.29, 0.717) is 0 Å². The molecule has 0 bridgehead atoms. The molecule has 25 heavy (non-hydrogen) atoms. The standard InChI is InChI=1S/C20H27N3O2/c1-21-20(22-13-11-16-7-5-4-6-8-16)23-14-12-17-15-18(24-2)9-10-19(17)25-3/h4-10,15H,11-14H2,1-3H3,(H2,21,22,23). The predicted octanol–water partition coefficient (Wildman–Crippen LogP) is 2.65. The van der Waals surface area contributed by atoms with E-state index >= 15 is 0 Å². The van der Waals surface area contributed by atoms with Crippen LogP contribution in [0.15, 0.2) is 53.5 Å². The number of hydrogen-bond acceptors (Lipinski definition) is 3. The number of benzene rings is 2. The molecule has 5 nitrogen and oxygen atoms in total. The van der Waals surface area contributed by atoms with Crippen molar-refractivity contribution in [2.75, 3.05) is 34.4 Å². The van der Waals surface area contributed by atoms with Crippen LogP contribution < -0.4 is 20.1 Å². The molecule has 0 amide bonds. The lowest BCUT2D eigenvalue weighted by molar-refractivity contribution is 0.398. The van der Waals surface area contributed by atoms with Gasteiger partial charge in [-0.3, -0.25) is 4.99 Å². The van der Waals surface area contributed by atoms with E-state index in [1.165, 1.54) is 5.56 Å². The van der Waals surface area contributed by atoms with Crippen molar-refractivity contribution in [2.24, 2.45) is 4.99 Å². The van der Waals surface area contributed by atoms with Crippen LogP contribution in [0, 0.1) is 0 Å². The maximum atomic E-state index is 5.41. The Kier molecular flexibility index (Phi) is 7.63. The highest BCUT2D eigenvalue weighted by Gasteiger charge is 2.05. The van der Waals surface area contributed by atoms with Crippen molar-refractivity contribution >= 4 is 5.96 Å². The van der Waals surface area contributed by atoms with Gasteiger partial charge >= 0.3 is 0 Å². The molecule has 5 heteroatoms. The number of hydrogen-bond donors (Lipinski definition) is 2. The van der Waals surface area contributed by atoms with Gasteiger partial charge in [-0.2, -0.15) is 0 Å². The molecule has 0 aliphatic rings. The summed E-state index contributed by atoms with van der Waals surface area (Å²) in [7, 11) is 5.13. The summed E-state index contributed by atoms with van der Waals surface area (Å²) in [5.41, 5.74) is 2.42. The van der Waals surface area contributed by atoms with Crippen molar-refractivity contribution in [3.8, 4) is 11.5 Å². The second-order valence-electron chi connectivity index (χ2n) is 5.59. The van der Waals surface area contributed by atoms with Gasteiger partial charge in [0.15, 0.2) is 5.96 Å². The normalized spacial score (nSPS) is 11.1. The highest BCUT2D eigenvalue weighted by Crippen LogP contribution is 2.24. The first-order chi connectivity index (χ1) is 12.3. The Bertz CT molecular complexity index is 672. The lowest BCUT2D eigenvalue weighted by atomic mass is 10.1. The minimum Gasteiger partial charge on any atom is -0.497 e. The van der Waals surface area contributed by atoms with Gasteiger partial charge < -0.3 is 20.1 Å². The zero-order valence-corrected chi connectivity index (χ0v) is 15.2. The molecule has 2 rings (SSSR count). The van der Waals surface area contributed by atoms with Crippen LogP contribution in [0.5, 0.6) is 11.5 Å². The molecule has 0 radical (unpaired) electrons. The van der Waals surface area contributed by atoms with Gasteiger partial charge in [-0.05, 0) is 42.2 Å². The largest absolute Gasteiger partial charge is 0.497 e. The van der Waals surface area contributed by atoms with Gasteiger partial charge in [0.05, 0.1) is 14.2 Å². The zero-order valence-electron chi connectivity index (χ0n) is 15.2. The third kappa shape index (κ3) is 6.03. The molecular weight excluding hydrogens is 314 g/mol. The fourth-order valence-electron chi connectivity index (χ4n) is 2.58. The molecule has 2 N–H and O–H groups in total. The number of guanidine groups is 1. The molecule has 2 aromatic rings. The van der Waals surface area contributed by atoms with Crippen LogP contribution in [-0.4, -0.2) is 40.3 Å². The molecule has 0 spiro atoms. The average Bonchev–Trinajstić information content (AvgIpc) is 2.67.